The van der Waals surface area contributed by atoms with Gasteiger partial charge >= 0.3 is 0 Å². The maximum atomic E-state index is 13.3. The zero-order valence-corrected chi connectivity index (χ0v) is 15.8. The summed E-state index contributed by atoms with van der Waals surface area (Å²) in [7, 11) is 1.73. The first kappa shape index (κ1) is 19.1. The molecule has 0 aromatic carbocycles. The van der Waals surface area contributed by atoms with Crippen molar-refractivity contribution in [2.45, 2.75) is 51.6 Å². The second kappa shape index (κ2) is 7.90. The van der Waals surface area contributed by atoms with E-state index >= 15 is 0 Å². The zero-order valence-electron chi connectivity index (χ0n) is 15.8. The summed E-state index contributed by atoms with van der Waals surface area (Å²) in [5.74, 6) is 0.110. The van der Waals surface area contributed by atoms with E-state index in [1.54, 1.807) is 18.0 Å². The Labute approximate surface area is 157 Å². The van der Waals surface area contributed by atoms with Crippen LogP contribution < -0.4 is 5.32 Å². The van der Waals surface area contributed by atoms with Crippen LogP contribution in [0.2, 0.25) is 0 Å². The number of pyridine rings is 1. The molecule has 1 saturated carbocycles. The molecule has 0 spiro atoms. The van der Waals surface area contributed by atoms with Crippen molar-refractivity contribution in [2.75, 3.05) is 7.05 Å². The monoisotopic (exact) mass is 373 g/mol. The van der Waals surface area contributed by atoms with Crippen molar-refractivity contribution in [1.82, 2.24) is 15.2 Å². The number of nitrogens with one attached hydrogen (secondary N) is 1. The Morgan fingerprint density at radius 2 is 1.89 bits per heavy atom. The average molecular weight is 373 g/mol. The number of halogens is 1. The number of hydrogen-bond acceptors (Lipinski definition) is 4. The van der Waals surface area contributed by atoms with Crippen molar-refractivity contribution in [3.05, 3.63) is 53.0 Å². The van der Waals surface area contributed by atoms with Crippen molar-refractivity contribution in [3.63, 3.8) is 0 Å². The molecule has 27 heavy (non-hydrogen) atoms. The first-order chi connectivity index (χ1) is 12.8. The SMILES string of the molecule is Cc1cc(C(=O)NC2CCC(N(C)C(=O)c3cncc(F)c3)CC2)oc1C. The van der Waals surface area contributed by atoms with E-state index in [1.807, 2.05) is 13.8 Å². The van der Waals surface area contributed by atoms with Gasteiger partial charge in [0, 0.05) is 25.3 Å². The Hall–Kier alpha value is -2.70. The van der Waals surface area contributed by atoms with Crippen LogP contribution in [0.15, 0.2) is 28.9 Å². The van der Waals surface area contributed by atoms with E-state index in [-0.39, 0.29) is 29.5 Å². The van der Waals surface area contributed by atoms with Gasteiger partial charge in [-0.15, -0.1) is 0 Å². The highest BCUT2D eigenvalue weighted by Gasteiger charge is 2.28. The van der Waals surface area contributed by atoms with Gasteiger partial charge in [-0.05, 0) is 57.2 Å². The summed E-state index contributed by atoms with van der Waals surface area (Å²) in [5.41, 5.74) is 1.20. The maximum Gasteiger partial charge on any atom is 0.287 e. The van der Waals surface area contributed by atoms with Crippen LogP contribution in [-0.4, -0.2) is 40.8 Å². The molecular weight excluding hydrogens is 349 g/mol. The van der Waals surface area contributed by atoms with Crippen LogP contribution in [0.5, 0.6) is 0 Å². The average Bonchev–Trinajstić information content (AvgIpc) is 3.00. The van der Waals surface area contributed by atoms with Gasteiger partial charge in [-0.1, -0.05) is 0 Å². The number of carbonyl (C=O) groups excluding carboxylic acids is 2. The van der Waals surface area contributed by atoms with Crippen molar-refractivity contribution in [3.8, 4) is 0 Å². The first-order valence-electron chi connectivity index (χ1n) is 9.10. The van der Waals surface area contributed by atoms with E-state index in [0.29, 0.717) is 5.76 Å². The number of amides is 2. The molecule has 1 aliphatic carbocycles. The van der Waals surface area contributed by atoms with E-state index < -0.39 is 5.82 Å². The third kappa shape index (κ3) is 4.35. The highest BCUT2D eigenvalue weighted by molar-refractivity contribution is 5.94. The molecule has 2 aromatic rings. The molecule has 1 N–H and O–H groups in total. The van der Waals surface area contributed by atoms with Crippen LogP contribution in [0.3, 0.4) is 0 Å². The summed E-state index contributed by atoms with van der Waals surface area (Å²) < 4.78 is 18.8. The Balaban J connectivity index is 1.53. The molecule has 0 atom stereocenters. The fourth-order valence-electron chi connectivity index (χ4n) is 3.45. The van der Waals surface area contributed by atoms with E-state index in [1.165, 1.54) is 12.3 Å². The van der Waals surface area contributed by atoms with Gasteiger partial charge in [-0.25, -0.2) is 4.39 Å². The quantitative estimate of drug-likeness (QED) is 0.893. The summed E-state index contributed by atoms with van der Waals surface area (Å²) in [5, 5.41) is 3.01. The molecule has 1 aliphatic rings. The third-order valence-electron chi connectivity index (χ3n) is 5.24. The van der Waals surface area contributed by atoms with E-state index in [4.69, 9.17) is 4.42 Å². The van der Waals surface area contributed by atoms with Crippen LogP contribution in [-0.2, 0) is 0 Å². The van der Waals surface area contributed by atoms with Crippen LogP contribution in [0.25, 0.3) is 0 Å². The highest BCUT2D eigenvalue weighted by atomic mass is 19.1. The largest absolute Gasteiger partial charge is 0.456 e. The number of rotatable bonds is 4. The summed E-state index contributed by atoms with van der Waals surface area (Å²) >= 11 is 0. The Bertz CT molecular complexity index is 821. The van der Waals surface area contributed by atoms with Gasteiger partial charge in [0.2, 0.25) is 0 Å². The molecule has 2 aromatic heterocycles. The van der Waals surface area contributed by atoms with Crippen LogP contribution in [0.4, 0.5) is 4.39 Å². The molecule has 0 saturated heterocycles. The van der Waals surface area contributed by atoms with Crippen molar-refractivity contribution >= 4 is 11.8 Å². The van der Waals surface area contributed by atoms with Crippen molar-refractivity contribution in [1.29, 1.82) is 0 Å². The molecule has 7 heteroatoms. The first-order valence-corrected chi connectivity index (χ1v) is 9.10. The summed E-state index contributed by atoms with van der Waals surface area (Å²) in [6.45, 7) is 3.74. The van der Waals surface area contributed by atoms with Gasteiger partial charge in [0.25, 0.3) is 11.8 Å². The lowest BCUT2D eigenvalue weighted by Crippen LogP contribution is -2.44. The molecule has 0 bridgehead atoms. The van der Waals surface area contributed by atoms with Crippen molar-refractivity contribution in [2.24, 2.45) is 0 Å². The highest BCUT2D eigenvalue weighted by Crippen LogP contribution is 2.24. The fraction of sp³-hybridized carbons (Fsp3) is 0.450. The lowest BCUT2D eigenvalue weighted by atomic mass is 9.90. The molecule has 6 nitrogen and oxygen atoms in total. The molecular formula is C20H24FN3O3. The second-order valence-electron chi connectivity index (χ2n) is 7.14. The van der Waals surface area contributed by atoms with E-state index in [9.17, 15) is 14.0 Å². The maximum absolute atomic E-state index is 13.3. The van der Waals surface area contributed by atoms with Crippen molar-refractivity contribution < 1.29 is 18.4 Å². The van der Waals surface area contributed by atoms with Crippen LogP contribution in [0.1, 0.15) is 57.9 Å². The molecule has 0 unspecified atom stereocenters. The predicted octanol–water partition coefficient (Wildman–Crippen LogP) is 3.24. The number of carbonyl (C=O) groups is 2. The smallest absolute Gasteiger partial charge is 0.287 e. The van der Waals surface area contributed by atoms with Crippen LogP contribution in [0, 0.1) is 19.7 Å². The van der Waals surface area contributed by atoms with Gasteiger partial charge in [-0.2, -0.15) is 0 Å². The molecule has 2 amide bonds. The minimum Gasteiger partial charge on any atom is -0.456 e. The van der Waals surface area contributed by atoms with E-state index in [0.717, 1.165) is 43.2 Å². The number of aryl methyl sites for hydroxylation is 2. The molecule has 144 valence electrons. The summed E-state index contributed by atoms with van der Waals surface area (Å²) in [6.07, 6.45) is 5.54. The van der Waals surface area contributed by atoms with Crippen LogP contribution >= 0.6 is 0 Å². The fourth-order valence-corrected chi connectivity index (χ4v) is 3.45. The van der Waals surface area contributed by atoms with Gasteiger partial charge in [0.05, 0.1) is 11.8 Å². The molecule has 2 heterocycles. The Morgan fingerprint density at radius 1 is 1.19 bits per heavy atom. The van der Waals surface area contributed by atoms with Gasteiger partial charge in [-0.3, -0.25) is 14.6 Å². The number of aromatic nitrogens is 1. The van der Waals surface area contributed by atoms with Gasteiger partial charge < -0.3 is 14.6 Å². The molecule has 3 rings (SSSR count). The molecule has 0 aliphatic heterocycles. The number of nitrogens with zero attached hydrogens (tertiary/aromatic N) is 2. The summed E-state index contributed by atoms with van der Waals surface area (Å²) in [6, 6.07) is 3.06. The number of hydrogen-bond donors (Lipinski definition) is 1. The summed E-state index contributed by atoms with van der Waals surface area (Å²) in [4.78, 5) is 30.2. The normalized spacial score (nSPS) is 19.6. The minimum absolute atomic E-state index is 0.0544. The van der Waals surface area contributed by atoms with E-state index in [2.05, 4.69) is 10.3 Å². The molecule has 0 radical (unpaired) electrons. The lowest BCUT2D eigenvalue weighted by Gasteiger charge is -2.34. The second-order valence-corrected chi connectivity index (χ2v) is 7.14. The Kier molecular flexibility index (Phi) is 5.58. The third-order valence-corrected chi connectivity index (χ3v) is 5.24. The number of furan rings is 1. The van der Waals surface area contributed by atoms with Gasteiger partial charge in [0.15, 0.2) is 5.76 Å². The molecule has 1 fully saturated rings. The minimum atomic E-state index is -0.524. The predicted molar refractivity (Wildman–Crippen MR) is 98.0 cm³/mol. The Morgan fingerprint density at radius 3 is 2.48 bits per heavy atom. The standard InChI is InChI=1S/C20H24FN3O3/c1-12-8-18(27-13(12)2)19(25)23-16-4-6-17(7-5-16)24(3)20(26)14-9-15(21)11-22-10-14/h8-11,16-17H,4-7H2,1-3H3,(H,23,25). The zero-order chi connectivity index (χ0) is 19.6. The topological polar surface area (TPSA) is 75.4 Å². The van der Waals surface area contributed by atoms with Gasteiger partial charge in [0.1, 0.15) is 11.6 Å². The lowest BCUT2D eigenvalue weighted by molar-refractivity contribution is 0.0673.